The number of aryl methyl sites for hydroxylation is 1. The van der Waals surface area contributed by atoms with Gasteiger partial charge in [0.1, 0.15) is 5.82 Å². The fraction of sp³-hybridized carbons (Fsp3) is 0.316. The Morgan fingerprint density at radius 2 is 1.77 bits per heavy atom. The van der Waals surface area contributed by atoms with Crippen molar-refractivity contribution >= 4 is 12.0 Å². The van der Waals surface area contributed by atoms with E-state index < -0.39 is 11.2 Å². The van der Waals surface area contributed by atoms with E-state index in [9.17, 15) is 18.8 Å². The topological polar surface area (TPSA) is 73.1 Å². The van der Waals surface area contributed by atoms with E-state index in [1.807, 2.05) is 13.8 Å². The molecule has 1 aromatic heterocycles. The summed E-state index contributed by atoms with van der Waals surface area (Å²) in [5.74, 6) is -0.639. The summed E-state index contributed by atoms with van der Waals surface area (Å²) in [6.07, 6.45) is 4.01. The van der Waals surface area contributed by atoms with Gasteiger partial charge < -0.3 is 9.88 Å². The molecule has 0 radical (unpaired) electrons. The summed E-state index contributed by atoms with van der Waals surface area (Å²) in [7, 11) is 2.91. The zero-order valence-electron chi connectivity index (χ0n) is 15.2. The molecule has 1 aromatic carbocycles. The third-order valence-electron chi connectivity index (χ3n) is 4.08. The number of benzene rings is 1. The van der Waals surface area contributed by atoms with Gasteiger partial charge in [0.15, 0.2) is 0 Å². The number of rotatable bonds is 5. The van der Waals surface area contributed by atoms with Crippen LogP contribution in [0, 0.1) is 11.7 Å². The fourth-order valence-electron chi connectivity index (χ4n) is 2.62. The van der Waals surface area contributed by atoms with Crippen LogP contribution in [0.2, 0.25) is 0 Å². The SMILES string of the molecule is CC(C)C(NC(=O)C=Cc1cn(C)c(=O)n(C)c1=O)c1ccc(F)cc1. The Morgan fingerprint density at radius 3 is 2.35 bits per heavy atom. The lowest BCUT2D eigenvalue weighted by atomic mass is 9.96. The predicted molar refractivity (Wildman–Crippen MR) is 98.1 cm³/mol. The molecule has 7 heteroatoms. The molecule has 0 saturated carbocycles. The zero-order chi connectivity index (χ0) is 19.4. The van der Waals surface area contributed by atoms with Crippen LogP contribution in [0.15, 0.2) is 46.1 Å². The van der Waals surface area contributed by atoms with Gasteiger partial charge >= 0.3 is 5.69 Å². The van der Waals surface area contributed by atoms with Gasteiger partial charge in [-0.15, -0.1) is 0 Å². The molecule has 1 atom stereocenters. The second-order valence-corrected chi connectivity index (χ2v) is 6.46. The molecule has 0 spiro atoms. The van der Waals surface area contributed by atoms with Gasteiger partial charge in [-0.05, 0) is 29.7 Å². The average molecular weight is 359 g/mol. The monoisotopic (exact) mass is 359 g/mol. The van der Waals surface area contributed by atoms with Gasteiger partial charge in [-0.3, -0.25) is 14.2 Å². The first kappa shape index (κ1) is 19.4. The van der Waals surface area contributed by atoms with Crippen LogP contribution in [0.3, 0.4) is 0 Å². The first-order chi connectivity index (χ1) is 12.2. The number of nitrogens with one attached hydrogen (secondary N) is 1. The fourth-order valence-corrected chi connectivity index (χ4v) is 2.62. The smallest absolute Gasteiger partial charge is 0.330 e. The second kappa shape index (κ2) is 7.95. The molecule has 138 valence electrons. The Hall–Kier alpha value is -2.96. The molecular weight excluding hydrogens is 337 g/mol. The lowest BCUT2D eigenvalue weighted by Gasteiger charge is -2.22. The molecule has 1 amide bonds. The van der Waals surface area contributed by atoms with Crippen molar-refractivity contribution in [1.29, 1.82) is 0 Å². The van der Waals surface area contributed by atoms with Gasteiger partial charge in [0.05, 0.1) is 11.6 Å². The molecule has 1 heterocycles. The summed E-state index contributed by atoms with van der Waals surface area (Å²) in [5.41, 5.74) is 0.109. The third kappa shape index (κ3) is 4.36. The number of aromatic nitrogens is 2. The number of halogens is 1. The van der Waals surface area contributed by atoms with Gasteiger partial charge in [-0.25, -0.2) is 9.18 Å². The van der Waals surface area contributed by atoms with Crippen molar-refractivity contribution in [1.82, 2.24) is 14.5 Å². The first-order valence-corrected chi connectivity index (χ1v) is 8.21. The van der Waals surface area contributed by atoms with Crippen LogP contribution in [0.1, 0.15) is 31.0 Å². The second-order valence-electron chi connectivity index (χ2n) is 6.46. The maximum atomic E-state index is 13.1. The van der Waals surface area contributed by atoms with Crippen LogP contribution in [0.4, 0.5) is 4.39 Å². The summed E-state index contributed by atoms with van der Waals surface area (Å²) >= 11 is 0. The van der Waals surface area contributed by atoms with Crippen molar-refractivity contribution in [3.8, 4) is 0 Å². The maximum absolute atomic E-state index is 13.1. The molecule has 0 saturated heterocycles. The highest BCUT2D eigenvalue weighted by Crippen LogP contribution is 2.21. The summed E-state index contributed by atoms with van der Waals surface area (Å²) < 4.78 is 15.4. The van der Waals surface area contributed by atoms with Gasteiger partial charge in [0.25, 0.3) is 5.56 Å². The van der Waals surface area contributed by atoms with E-state index in [1.54, 1.807) is 12.1 Å². The van der Waals surface area contributed by atoms with Crippen LogP contribution in [-0.4, -0.2) is 15.0 Å². The van der Waals surface area contributed by atoms with Crippen molar-refractivity contribution < 1.29 is 9.18 Å². The maximum Gasteiger partial charge on any atom is 0.330 e. The molecule has 1 unspecified atom stereocenters. The van der Waals surface area contributed by atoms with E-state index in [4.69, 9.17) is 0 Å². The highest BCUT2D eigenvalue weighted by molar-refractivity contribution is 5.91. The van der Waals surface area contributed by atoms with Crippen LogP contribution < -0.4 is 16.6 Å². The van der Waals surface area contributed by atoms with E-state index in [0.29, 0.717) is 0 Å². The number of hydrogen-bond acceptors (Lipinski definition) is 3. The molecule has 2 aromatic rings. The Labute approximate surface area is 150 Å². The molecule has 1 N–H and O–H groups in total. The number of hydrogen-bond donors (Lipinski definition) is 1. The van der Waals surface area contributed by atoms with Crippen LogP contribution >= 0.6 is 0 Å². The summed E-state index contributed by atoms with van der Waals surface area (Å²) in [4.78, 5) is 36.0. The van der Waals surface area contributed by atoms with E-state index in [0.717, 1.165) is 10.1 Å². The minimum absolute atomic E-state index is 0.0863. The van der Waals surface area contributed by atoms with E-state index in [1.165, 1.54) is 49.1 Å². The predicted octanol–water partition coefficient (Wildman–Crippen LogP) is 1.75. The Kier molecular flexibility index (Phi) is 5.92. The van der Waals surface area contributed by atoms with E-state index >= 15 is 0 Å². The van der Waals surface area contributed by atoms with Crippen molar-refractivity contribution in [2.24, 2.45) is 20.0 Å². The molecule has 0 fully saturated rings. The van der Waals surface area contributed by atoms with Crippen LogP contribution in [0.25, 0.3) is 6.08 Å². The number of carbonyl (C=O) groups excluding carboxylic acids is 1. The molecule has 2 rings (SSSR count). The van der Waals surface area contributed by atoms with Crippen LogP contribution in [0.5, 0.6) is 0 Å². The first-order valence-electron chi connectivity index (χ1n) is 8.21. The van der Waals surface area contributed by atoms with Gasteiger partial charge in [-0.1, -0.05) is 26.0 Å². The Morgan fingerprint density at radius 1 is 1.15 bits per heavy atom. The Balaban J connectivity index is 2.21. The largest absolute Gasteiger partial charge is 0.345 e. The van der Waals surface area contributed by atoms with Gasteiger partial charge in [-0.2, -0.15) is 0 Å². The highest BCUT2D eigenvalue weighted by atomic mass is 19.1. The van der Waals surface area contributed by atoms with E-state index in [2.05, 4.69) is 5.32 Å². The highest BCUT2D eigenvalue weighted by Gasteiger charge is 2.17. The molecule has 26 heavy (non-hydrogen) atoms. The normalized spacial score (nSPS) is 12.5. The van der Waals surface area contributed by atoms with Gasteiger partial charge in [0.2, 0.25) is 5.91 Å². The summed E-state index contributed by atoms with van der Waals surface area (Å²) in [5, 5.41) is 2.86. The zero-order valence-corrected chi connectivity index (χ0v) is 15.2. The van der Waals surface area contributed by atoms with Crippen molar-refractivity contribution in [2.75, 3.05) is 0 Å². The minimum Gasteiger partial charge on any atom is -0.345 e. The van der Waals surface area contributed by atoms with Crippen LogP contribution in [-0.2, 0) is 18.9 Å². The molecule has 0 bridgehead atoms. The molecule has 6 nitrogen and oxygen atoms in total. The number of carbonyl (C=O) groups is 1. The molecule has 0 aliphatic carbocycles. The van der Waals surface area contributed by atoms with Crippen molar-refractivity contribution in [3.05, 3.63) is 74.3 Å². The average Bonchev–Trinajstić information content (AvgIpc) is 2.60. The number of nitrogens with zero attached hydrogens (tertiary/aromatic N) is 2. The van der Waals surface area contributed by atoms with Crippen molar-refractivity contribution in [2.45, 2.75) is 19.9 Å². The summed E-state index contributed by atoms with van der Waals surface area (Å²) in [6, 6.07) is 5.66. The summed E-state index contributed by atoms with van der Waals surface area (Å²) in [6.45, 7) is 3.89. The standard InChI is InChI=1S/C19H22FN3O3/c1-12(2)17(13-5-8-15(20)9-6-13)21-16(24)10-7-14-11-22(3)19(26)23(4)18(14)25/h5-12,17H,1-4H3,(H,21,24). The lowest BCUT2D eigenvalue weighted by Crippen LogP contribution is -2.37. The molecular formula is C19H22FN3O3. The molecule has 0 aliphatic rings. The quantitative estimate of drug-likeness (QED) is 0.827. The lowest BCUT2D eigenvalue weighted by molar-refractivity contribution is -0.117. The Bertz CT molecular complexity index is 940. The minimum atomic E-state index is -0.476. The number of amides is 1. The third-order valence-corrected chi connectivity index (χ3v) is 4.08. The van der Waals surface area contributed by atoms with Gasteiger partial charge in [0, 0.05) is 26.4 Å². The van der Waals surface area contributed by atoms with E-state index in [-0.39, 0.29) is 29.2 Å². The molecule has 0 aliphatic heterocycles. The van der Waals surface area contributed by atoms with Crippen molar-refractivity contribution in [3.63, 3.8) is 0 Å².